The van der Waals surface area contributed by atoms with E-state index in [0.717, 1.165) is 5.92 Å². The van der Waals surface area contributed by atoms with Gasteiger partial charge in [-0.05, 0) is 31.6 Å². The minimum absolute atomic E-state index is 0.00589. The number of carbonyl (C=O) groups excluding carboxylic acids is 1. The van der Waals surface area contributed by atoms with Gasteiger partial charge in [-0.1, -0.05) is 25.8 Å². The molecule has 0 aromatic heterocycles. The van der Waals surface area contributed by atoms with Gasteiger partial charge in [-0.2, -0.15) is 0 Å². The number of carbonyl (C=O) groups is 1. The average molecular weight is 308 g/mol. The minimum atomic E-state index is 0.00589. The van der Waals surface area contributed by atoms with Crippen molar-refractivity contribution in [2.75, 3.05) is 27.2 Å². The molecule has 0 aromatic carbocycles. The molecule has 0 aromatic rings. The van der Waals surface area contributed by atoms with Gasteiger partial charge < -0.3 is 15.5 Å². The first kappa shape index (κ1) is 18.5. The van der Waals surface area contributed by atoms with Gasteiger partial charge in [0.05, 0.1) is 0 Å². The summed E-state index contributed by atoms with van der Waals surface area (Å²) in [4.78, 5) is 17.6. The van der Waals surface area contributed by atoms with Crippen LogP contribution in [0.3, 0.4) is 0 Å². The average Bonchev–Trinajstić information content (AvgIpc) is 2.51. The van der Waals surface area contributed by atoms with Crippen LogP contribution in [-0.2, 0) is 4.79 Å². The van der Waals surface area contributed by atoms with Crippen molar-refractivity contribution in [1.29, 1.82) is 0 Å². The molecule has 1 aliphatic rings. The van der Waals surface area contributed by atoms with E-state index >= 15 is 0 Å². The Bertz CT molecular complexity index is 371. The summed E-state index contributed by atoms with van der Waals surface area (Å²) >= 11 is 0. The maximum Gasteiger partial charge on any atom is 0.243 e. The second-order valence-electron chi connectivity index (χ2n) is 6.27. The number of hydrogen-bond donors (Lipinski definition) is 2. The smallest absolute Gasteiger partial charge is 0.243 e. The molecule has 2 N–H and O–H groups in total. The van der Waals surface area contributed by atoms with Crippen molar-refractivity contribution in [1.82, 2.24) is 15.5 Å². The van der Waals surface area contributed by atoms with Gasteiger partial charge >= 0.3 is 0 Å². The third-order valence-electron chi connectivity index (χ3n) is 4.17. The van der Waals surface area contributed by atoms with Gasteiger partial charge in [0.1, 0.15) is 6.54 Å². The van der Waals surface area contributed by atoms with Crippen molar-refractivity contribution in [3.63, 3.8) is 0 Å². The number of aliphatic imine (C=N–C) groups is 1. The lowest BCUT2D eigenvalue weighted by Crippen LogP contribution is -2.45. The van der Waals surface area contributed by atoms with Crippen LogP contribution in [0.5, 0.6) is 0 Å². The molecule has 0 heterocycles. The molecule has 0 unspecified atom stereocenters. The molecule has 1 aliphatic carbocycles. The number of nitrogens with one attached hydrogen (secondary N) is 2. The Morgan fingerprint density at radius 2 is 2.00 bits per heavy atom. The zero-order chi connectivity index (χ0) is 16.4. The maximum absolute atomic E-state index is 11.7. The molecular weight excluding hydrogens is 276 g/mol. The Morgan fingerprint density at radius 3 is 2.55 bits per heavy atom. The number of rotatable bonds is 7. The van der Waals surface area contributed by atoms with Gasteiger partial charge in [0, 0.05) is 26.7 Å². The first-order chi connectivity index (χ1) is 10.6. The normalized spacial score (nSPS) is 22.0. The topological polar surface area (TPSA) is 56.7 Å². The highest BCUT2D eigenvalue weighted by Crippen LogP contribution is 2.27. The number of guanidine groups is 1. The molecule has 0 spiro atoms. The van der Waals surface area contributed by atoms with Gasteiger partial charge in [-0.15, -0.1) is 6.58 Å². The summed E-state index contributed by atoms with van der Waals surface area (Å²) in [5.41, 5.74) is 0. The minimum Gasteiger partial charge on any atom is -0.354 e. The van der Waals surface area contributed by atoms with Crippen molar-refractivity contribution in [3.05, 3.63) is 12.7 Å². The fourth-order valence-electron chi connectivity index (χ4n) is 2.81. The van der Waals surface area contributed by atoms with Crippen molar-refractivity contribution in [2.45, 2.75) is 51.5 Å². The molecule has 5 nitrogen and oxygen atoms in total. The van der Waals surface area contributed by atoms with E-state index in [-0.39, 0.29) is 12.5 Å². The largest absolute Gasteiger partial charge is 0.354 e. The first-order valence-electron chi connectivity index (χ1n) is 8.42. The van der Waals surface area contributed by atoms with E-state index in [1.807, 2.05) is 0 Å². The standard InChI is InChI=1S/C17H32N4O/c1-5-7-14-8-10-15(11-9-14)20-17(18-12-6-2)19-13-16(22)21(3)4/h6,14-15H,2,5,7-13H2,1,3-4H3,(H2,18,19,20). The Hall–Kier alpha value is -1.52. The van der Waals surface area contributed by atoms with Crippen LogP contribution >= 0.6 is 0 Å². The first-order valence-corrected chi connectivity index (χ1v) is 8.42. The fraction of sp³-hybridized carbons (Fsp3) is 0.765. The van der Waals surface area contributed by atoms with Gasteiger partial charge in [0.2, 0.25) is 5.91 Å². The molecule has 5 heteroatoms. The fourth-order valence-corrected chi connectivity index (χ4v) is 2.81. The van der Waals surface area contributed by atoms with Crippen molar-refractivity contribution >= 4 is 11.9 Å². The van der Waals surface area contributed by atoms with E-state index in [1.54, 1.807) is 25.1 Å². The monoisotopic (exact) mass is 308 g/mol. The SMILES string of the molecule is C=CCNC(=NCC(=O)N(C)C)NC1CCC(CCC)CC1. The lowest BCUT2D eigenvalue weighted by Gasteiger charge is -2.30. The van der Waals surface area contributed by atoms with Gasteiger partial charge in [0.25, 0.3) is 0 Å². The van der Waals surface area contributed by atoms with Crippen molar-refractivity contribution in [2.24, 2.45) is 10.9 Å². The van der Waals surface area contributed by atoms with Gasteiger partial charge in [0.15, 0.2) is 5.96 Å². The molecule has 0 radical (unpaired) electrons. The van der Waals surface area contributed by atoms with Gasteiger partial charge in [-0.25, -0.2) is 4.99 Å². The summed E-state index contributed by atoms with van der Waals surface area (Å²) in [5, 5.41) is 6.67. The molecule has 1 fully saturated rings. The van der Waals surface area contributed by atoms with E-state index in [1.165, 1.54) is 38.5 Å². The van der Waals surface area contributed by atoms with E-state index in [9.17, 15) is 4.79 Å². The summed E-state index contributed by atoms with van der Waals surface area (Å²) in [6.45, 7) is 6.79. The molecule has 126 valence electrons. The van der Waals surface area contributed by atoms with E-state index in [2.05, 4.69) is 29.1 Å². The molecule has 0 atom stereocenters. The molecule has 0 saturated heterocycles. The lowest BCUT2D eigenvalue weighted by molar-refractivity contribution is -0.127. The molecule has 0 aliphatic heterocycles. The Balaban J connectivity index is 2.49. The summed E-state index contributed by atoms with van der Waals surface area (Å²) in [6, 6.07) is 0.457. The quantitative estimate of drug-likeness (QED) is 0.430. The highest BCUT2D eigenvalue weighted by molar-refractivity contribution is 5.85. The second-order valence-corrected chi connectivity index (χ2v) is 6.27. The lowest BCUT2D eigenvalue weighted by atomic mass is 9.83. The van der Waals surface area contributed by atoms with E-state index in [0.29, 0.717) is 18.5 Å². The second kappa shape index (κ2) is 10.2. The van der Waals surface area contributed by atoms with E-state index < -0.39 is 0 Å². The third kappa shape index (κ3) is 6.96. The predicted molar refractivity (Wildman–Crippen MR) is 93.0 cm³/mol. The molecule has 0 bridgehead atoms. The van der Waals surface area contributed by atoms with Crippen LogP contribution in [-0.4, -0.2) is 50.0 Å². The Labute approximate surface area is 135 Å². The van der Waals surface area contributed by atoms with Crippen molar-refractivity contribution < 1.29 is 4.79 Å². The number of amides is 1. The number of likely N-dealkylation sites (N-methyl/N-ethyl adjacent to an activating group) is 1. The zero-order valence-corrected chi connectivity index (χ0v) is 14.4. The van der Waals surface area contributed by atoms with Crippen LogP contribution in [0.2, 0.25) is 0 Å². The highest BCUT2D eigenvalue weighted by atomic mass is 16.2. The van der Waals surface area contributed by atoms with Crippen LogP contribution in [0.15, 0.2) is 17.6 Å². The van der Waals surface area contributed by atoms with Crippen LogP contribution in [0.1, 0.15) is 45.4 Å². The third-order valence-corrected chi connectivity index (χ3v) is 4.17. The zero-order valence-electron chi connectivity index (χ0n) is 14.4. The Kier molecular flexibility index (Phi) is 8.63. The molecule has 1 amide bonds. The summed E-state index contributed by atoms with van der Waals surface area (Å²) < 4.78 is 0. The summed E-state index contributed by atoms with van der Waals surface area (Å²) in [6.07, 6.45) is 9.36. The molecular formula is C17H32N4O. The maximum atomic E-state index is 11.7. The van der Waals surface area contributed by atoms with Crippen LogP contribution in [0.25, 0.3) is 0 Å². The molecule has 1 saturated carbocycles. The Morgan fingerprint density at radius 1 is 1.32 bits per heavy atom. The number of hydrogen-bond acceptors (Lipinski definition) is 2. The van der Waals surface area contributed by atoms with Gasteiger partial charge in [-0.3, -0.25) is 4.79 Å². The van der Waals surface area contributed by atoms with Crippen LogP contribution in [0.4, 0.5) is 0 Å². The summed E-state index contributed by atoms with van der Waals surface area (Å²) in [5.74, 6) is 1.61. The molecule has 22 heavy (non-hydrogen) atoms. The molecule has 1 rings (SSSR count). The summed E-state index contributed by atoms with van der Waals surface area (Å²) in [7, 11) is 3.49. The van der Waals surface area contributed by atoms with E-state index in [4.69, 9.17) is 0 Å². The highest BCUT2D eigenvalue weighted by Gasteiger charge is 2.21. The predicted octanol–water partition coefficient (Wildman–Crippen LogP) is 2.15. The van der Waals surface area contributed by atoms with Crippen LogP contribution in [0, 0.1) is 5.92 Å². The van der Waals surface area contributed by atoms with Crippen molar-refractivity contribution in [3.8, 4) is 0 Å². The number of nitrogens with zero attached hydrogens (tertiary/aromatic N) is 2. The van der Waals surface area contributed by atoms with Crippen LogP contribution < -0.4 is 10.6 Å².